The molecule has 2 N–H and O–H groups in total. The average molecular weight is 274 g/mol. The Morgan fingerprint density at radius 3 is 2.25 bits per heavy atom. The first kappa shape index (κ1) is 15.4. The molecule has 1 unspecified atom stereocenters. The lowest BCUT2D eigenvalue weighted by Gasteiger charge is -2.35. The second-order valence-corrected chi connectivity index (χ2v) is 6.70. The summed E-state index contributed by atoms with van der Waals surface area (Å²) in [5.74, 6) is 0.775. The molecule has 1 atom stereocenters. The smallest absolute Gasteiger partial charge is 0.0322 e. The highest BCUT2D eigenvalue weighted by Crippen LogP contribution is 2.31. The van der Waals surface area contributed by atoms with Gasteiger partial charge in [0.2, 0.25) is 0 Å². The van der Waals surface area contributed by atoms with Crippen LogP contribution in [0.15, 0.2) is 24.3 Å². The van der Waals surface area contributed by atoms with Crippen molar-refractivity contribution in [1.82, 2.24) is 4.90 Å². The van der Waals surface area contributed by atoms with Crippen molar-refractivity contribution in [3.05, 3.63) is 29.8 Å². The molecule has 20 heavy (non-hydrogen) atoms. The Bertz CT molecular complexity index is 390. The third-order valence-electron chi connectivity index (χ3n) is 4.67. The van der Waals surface area contributed by atoms with Crippen LogP contribution in [0.3, 0.4) is 0 Å². The van der Waals surface area contributed by atoms with Crippen molar-refractivity contribution in [2.75, 3.05) is 12.3 Å². The highest BCUT2D eigenvalue weighted by molar-refractivity contribution is 5.40. The van der Waals surface area contributed by atoms with E-state index in [4.69, 9.17) is 5.73 Å². The first-order chi connectivity index (χ1) is 9.58. The SMILES string of the molecule is CC(C)CCN(C1CCCC1)C(C)c1ccc(N)cc1. The normalized spacial score (nSPS) is 18.1. The topological polar surface area (TPSA) is 29.3 Å². The van der Waals surface area contributed by atoms with E-state index in [-0.39, 0.29) is 0 Å². The zero-order valence-electron chi connectivity index (χ0n) is 13.3. The first-order valence-electron chi connectivity index (χ1n) is 8.19. The van der Waals surface area contributed by atoms with Crippen molar-refractivity contribution >= 4 is 5.69 Å². The molecule has 1 aliphatic rings. The van der Waals surface area contributed by atoms with E-state index in [9.17, 15) is 0 Å². The largest absolute Gasteiger partial charge is 0.399 e. The van der Waals surface area contributed by atoms with E-state index in [2.05, 4.69) is 37.8 Å². The summed E-state index contributed by atoms with van der Waals surface area (Å²) < 4.78 is 0. The molecule has 0 radical (unpaired) electrons. The molecule has 2 nitrogen and oxygen atoms in total. The maximum absolute atomic E-state index is 5.81. The number of hydrogen-bond donors (Lipinski definition) is 1. The van der Waals surface area contributed by atoms with Crippen LogP contribution in [-0.4, -0.2) is 17.5 Å². The third kappa shape index (κ3) is 3.99. The minimum Gasteiger partial charge on any atom is -0.399 e. The van der Waals surface area contributed by atoms with Gasteiger partial charge in [0.1, 0.15) is 0 Å². The Morgan fingerprint density at radius 1 is 1.10 bits per heavy atom. The number of nitrogen functional groups attached to an aromatic ring is 1. The lowest BCUT2D eigenvalue weighted by Crippen LogP contribution is -2.37. The van der Waals surface area contributed by atoms with Crippen molar-refractivity contribution < 1.29 is 0 Å². The van der Waals surface area contributed by atoms with Crippen molar-refractivity contribution in [2.45, 2.75) is 65.0 Å². The van der Waals surface area contributed by atoms with Crippen molar-refractivity contribution in [3.8, 4) is 0 Å². The van der Waals surface area contributed by atoms with Gasteiger partial charge in [0, 0.05) is 17.8 Å². The Hall–Kier alpha value is -1.02. The molecule has 0 amide bonds. The Balaban J connectivity index is 2.09. The summed E-state index contributed by atoms with van der Waals surface area (Å²) in [7, 11) is 0. The van der Waals surface area contributed by atoms with Crippen LogP contribution in [0.2, 0.25) is 0 Å². The van der Waals surface area contributed by atoms with Gasteiger partial charge >= 0.3 is 0 Å². The van der Waals surface area contributed by atoms with E-state index < -0.39 is 0 Å². The summed E-state index contributed by atoms with van der Waals surface area (Å²) in [6, 6.07) is 9.72. The minimum atomic E-state index is 0.498. The molecular weight excluding hydrogens is 244 g/mol. The molecule has 1 aliphatic carbocycles. The molecule has 2 rings (SSSR count). The van der Waals surface area contributed by atoms with Gasteiger partial charge in [-0.25, -0.2) is 0 Å². The second kappa shape index (κ2) is 7.12. The standard InChI is InChI=1S/C18H30N2/c1-14(2)12-13-20(18-6-4-5-7-18)15(3)16-8-10-17(19)11-9-16/h8-11,14-15,18H,4-7,12-13,19H2,1-3H3. The number of anilines is 1. The molecule has 1 aromatic rings. The fraction of sp³-hybridized carbons (Fsp3) is 0.667. The zero-order chi connectivity index (χ0) is 14.5. The van der Waals surface area contributed by atoms with E-state index in [0.29, 0.717) is 6.04 Å². The molecule has 112 valence electrons. The van der Waals surface area contributed by atoms with Crippen LogP contribution in [0.1, 0.15) is 64.5 Å². The van der Waals surface area contributed by atoms with Gasteiger partial charge in [-0.3, -0.25) is 4.90 Å². The first-order valence-corrected chi connectivity index (χ1v) is 8.19. The molecule has 0 spiro atoms. The van der Waals surface area contributed by atoms with Gasteiger partial charge < -0.3 is 5.73 Å². The van der Waals surface area contributed by atoms with Crippen LogP contribution >= 0.6 is 0 Å². The molecule has 0 saturated heterocycles. The van der Waals surface area contributed by atoms with Crippen molar-refractivity contribution in [3.63, 3.8) is 0 Å². The number of rotatable bonds is 6. The molecule has 1 aromatic carbocycles. The van der Waals surface area contributed by atoms with Gasteiger partial charge in [-0.1, -0.05) is 38.8 Å². The molecule has 2 heteroatoms. The lowest BCUT2D eigenvalue weighted by molar-refractivity contribution is 0.137. The molecule has 0 aliphatic heterocycles. The van der Waals surface area contributed by atoms with Gasteiger partial charge in [-0.2, -0.15) is 0 Å². The van der Waals surface area contributed by atoms with Crippen molar-refractivity contribution in [1.29, 1.82) is 0 Å². The Labute approximate surface area is 124 Å². The maximum Gasteiger partial charge on any atom is 0.0322 e. The van der Waals surface area contributed by atoms with E-state index in [0.717, 1.165) is 17.6 Å². The predicted octanol–water partition coefficient (Wildman–Crippen LogP) is 4.62. The van der Waals surface area contributed by atoms with Gasteiger partial charge in [0.05, 0.1) is 0 Å². The minimum absolute atomic E-state index is 0.498. The Morgan fingerprint density at radius 2 is 1.70 bits per heavy atom. The Kier molecular flexibility index (Phi) is 5.47. The average Bonchev–Trinajstić information content (AvgIpc) is 2.93. The van der Waals surface area contributed by atoms with Gasteiger partial charge in [0.15, 0.2) is 0 Å². The maximum atomic E-state index is 5.81. The van der Waals surface area contributed by atoms with Crippen molar-refractivity contribution in [2.24, 2.45) is 5.92 Å². The number of benzene rings is 1. The summed E-state index contributed by atoms with van der Waals surface area (Å²) in [6.45, 7) is 8.21. The van der Waals surface area contributed by atoms with Crippen LogP contribution in [0.5, 0.6) is 0 Å². The summed E-state index contributed by atoms with van der Waals surface area (Å²) in [6.07, 6.45) is 6.83. The van der Waals surface area contributed by atoms with Crippen LogP contribution < -0.4 is 5.73 Å². The highest BCUT2D eigenvalue weighted by Gasteiger charge is 2.27. The zero-order valence-corrected chi connectivity index (χ0v) is 13.3. The van der Waals surface area contributed by atoms with Crippen LogP contribution in [0.25, 0.3) is 0 Å². The lowest BCUT2D eigenvalue weighted by atomic mass is 10.0. The van der Waals surface area contributed by atoms with E-state index in [1.54, 1.807) is 0 Å². The molecular formula is C18H30N2. The second-order valence-electron chi connectivity index (χ2n) is 6.70. The van der Waals surface area contributed by atoms with Gasteiger partial charge in [-0.05, 0) is 56.3 Å². The van der Waals surface area contributed by atoms with Crippen LogP contribution in [0.4, 0.5) is 5.69 Å². The summed E-state index contributed by atoms with van der Waals surface area (Å²) in [4.78, 5) is 2.73. The van der Waals surface area contributed by atoms with E-state index in [1.807, 2.05) is 12.1 Å². The fourth-order valence-corrected chi connectivity index (χ4v) is 3.30. The number of nitrogens with zero attached hydrogens (tertiary/aromatic N) is 1. The van der Waals surface area contributed by atoms with E-state index in [1.165, 1.54) is 44.2 Å². The summed E-state index contributed by atoms with van der Waals surface area (Å²) in [5, 5.41) is 0. The fourth-order valence-electron chi connectivity index (χ4n) is 3.30. The number of nitrogens with two attached hydrogens (primary N) is 1. The molecule has 0 heterocycles. The molecule has 1 saturated carbocycles. The third-order valence-corrected chi connectivity index (χ3v) is 4.67. The quantitative estimate of drug-likeness (QED) is 0.767. The molecule has 1 fully saturated rings. The summed E-state index contributed by atoms with van der Waals surface area (Å²) in [5.41, 5.74) is 8.06. The predicted molar refractivity (Wildman–Crippen MR) is 87.7 cm³/mol. The molecule has 0 aromatic heterocycles. The monoisotopic (exact) mass is 274 g/mol. The van der Waals surface area contributed by atoms with Crippen LogP contribution in [0, 0.1) is 5.92 Å². The van der Waals surface area contributed by atoms with Crippen LogP contribution in [-0.2, 0) is 0 Å². The summed E-state index contributed by atoms with van der Waals surface area (Å²) >= 11 is 0. The molecule has 0 bridgehead atoms. The highest BCUT2D eigenvalue weighted by atomic mass is 15.2. The van der Waals surface area contributed by atoms with Gasteiger partial charge in [-0.15, -0.1) is 0 Å². The number of hydrogen-bond acceptors (Lipinski definition) is 2. The van der Waals surface area contributed by atoms with Gasteiger partial charge in [0.25, 0.3) is 0 Å². The van der Waals surface area contributed by atoms with E-state index >= 15 is 0 Å².